The van der Waals surface area contributed by atoms with E-state index in [1.165, 1.54) is 26.5 Å². The molecule has 250 valence electrons. The number of nitrogens with zero attached hydrogens (tertiary/aromatic N) is 9. The van der Waals surface area contributed by atoms with Gasteiger partial charge in [0.2, 0.25) is 5.91 Å². The fourth-order valence-corrected chi connectivity index (χ4v) is 6.95. The highest BCUT2D eigenvalue weighted by Crippen LogP contribution is 2.33. The Balaban J connectivity index is 0.910. The minimum Gasteiger partial charge on any atom is -0.374 e. The van der Waals surface area contributed by atoms with E-state index in [4.69, 9.17) is 9.72 Å². The number of alkyl halides is 2. The number of piperidine rings is 1. The van der Waals surface area contributed by atoms with Crippen molar-refractivity contribution in [2.75, 3.05) is 47.9 Å². The van der Waals surface area contributed by atoms with E-state index in [-0.39, 0.29) is 41.8 Å². The smallest absolute Gasteiger partial charge is 0.328 e. The van der Waals surface area contributed by atoms with Crippen LogP contribution in [0.1, 0.15) is 59.9 Å². The third-order valence-corrected chi connectivity index (χ3v) is 9.50. The Hall–Kier alpha value is -5.03. The summed E-state index contributed by atoms with van der Waals surface area (Å²) in [6.07, 6.45) is 6.04. The number of fused-ring (bicyclic) bond motifs is 3. The van der Waals surface area contributed by atoms with E-state index < -0.39 is 24.1 Å². The molecule has 0 spiro atoms. The van der Waals surface area contributed by atoms with E-state index in [0.717, 1.165) is 24.5 Å². The number of carbonyl (C=O) groups is 3. The zero-order valence-corrected chi connectivity index (χ0v) is 25.8. The van der Waals surface area contributed by atoms with Crippen LogP contribution in [0.25, 0.3) is 5.65 Å². The molecule has 4 aliphatic rings. The lowest BCUT2D eigenvalue weighted by Crippen LogP contribution is -2.49. The molecule has 4 aromatic heterocycles. The van der Waals surface area contributed by atoms with Gasteiger partial charge in [0, 0.05) is 51.5 Å². The van der Waals surface area contributed by atoms with Crippen molar-refractivity contribution in [2.45, 2.75) is 56.8 Å². The molecule has 2 atom stereocenters. The van der Waals surface area contributed by atoms with E-state index in [9.17, 15) is 23.2 Å². The Labute approximate surface area is 272 Å². The fourth-order valence-electron chi connectivity index (χ4n) is 6.95. The number of pyridine rings is 1. The van der Waals surface area contributed by atoms with Crippen LogP contribution in [0.2, 0.25) is 0 Å². The highest BCUT2D eigenvalue weighted by atomic mass is 19.3. The molecule has 4 aromatic rings. The number of ether oxygens (including phenoxy) is 1. The fraction of sp³-hybridized carbons (Fsp3) is 0.452. The van der Waals surface area contributed by atoms with Gasteiger partial charge in [-0.1, -0.05) is 0 Å². The van der Waals surface area contributed by atoms with Gasteiger partial charge >= 0.3 is 6.03 Å². The molecular formula is C31H33F2N11O4. The minimum absolute atomic E-state index is 0.0435. The molecule has 8 heterocycles. The second-order valence-electron chi connectivity index (χ2n) is 12.5. The lowest BCUT2D eigenvalue weighted by molar-refractivity contribution is -0.120. The lowest BCUT2D eigenvalue weighted by atomic mass is 10.1. The van der Waals surface area contributed by atoms with Gasteiger partial charge in [-0.3, -0.25) is 34.4 Å². The zero-order chi connectivity index (χ0) is 32.9. The van der Waals surface area contributed by atoms with Gasteiger partial charge in [-0.05, 0) is 37.5 Å². The first-order chi connectivity index (χ1) is 23.3. The number of urea groups is 1. The molecule has 0 saturated carbocycles. The van der Waals surface area contributed by atoms with Crippen molar-refractivity contribution in [1.29, 1.82) is 0 Å². The Kier molecular flexibility index (Phi) is 7.71. The van der Waals surface area contributed by atoms with Crippen LogP contribution in [-0.2, 0) is 16.1 Å². The van der Waals surface area contributed by atoms with Crippen molar-refractivity contribution in [1.82, 2.24) is 39.6 Å². The van der Waals surface area contributed by atoms with Crippen LogP contribution < -0.4 is 20.4 Å². The average Bonchev–Trinajstić information content (AvgIpc) is 3.89. The monoisotopic (exact) mass is 661 g/mol. The van der Waals surface area contributed by atoms with Crippen LogP contribution in [0, 0.1) is 0 Å². The Morgan fingerprint density at radius 1 is 1.10 bits per heavy atom. The molecule has 0 radical (unpaired) electrons. The van der Waals surface area contributed by atoms with Crippen molar-refractivity contribution in [3.8, 4) is 0 Å². The van der Waals surface area contributed by atoms with Crippen LogP contribution in [0.4, 0.5) is 30.8 Å². The number of imide groups is 1. The molecule has 4 aliphatic heterocycles. The molecular weight excluding hydrogens is 628 g/mol. The summed E-state index contributed by atoms with van der Waals surface area (Å²) >= 11 is 0. The predicted molar refractivity (Wildman–Crippen MR) is 167 cm³/mol. The number of nitrogens with one attached hydrogen (secondary N) is 2. The number of morpholine rings is 1. The summed E-state index contributed by atoms with van der Waals surface area (Å²) in [5.41, 5.74) is 1.42. The molecule has 8 rings (SSSR count). The number of carbonyl (C=O) groups excluding carboxylic acids is 3. The van der Waals surface area contributed by atoms with E-state index in [1.807, 2.05) is 18.2 Å². The molecule has 4 amide bonds. The Bertz CT molecular complexity index is 1870. The van der Waals surface area contributed by atoms with Crippen LogP contribution in [0.5, 0.6) is 0 Å². The van der Waals surface area contributed by atoms with Gasteiger partial charge in [0.05, 0.1) is 54.3 Å². The minimum atomic E-state index is -2.88. The summed E-state index contributed by atoms with van der Waals surface area (Å²) in [5.74, 6) is -0.163. The van der Waals surface area contributed by atoms with E-state index in [2.05, 4.69) is 35.6 Å². The second-order valence-corrected chi connectivity index (χ2v) is 12.5. The van der Waals surface area contributed by atoms with Crippen LogP contribution in [0.15, 0.2) is 43.0 Å². The summed E-state index contributed by atoms with van der Waals surface area (Å²) in [4.78, 5) is 52.0. The first-order valence-electron chi connectivity index (χ1n) is 16.0. The molecule has 4 saturated heterocycles. The number of amides is 4. The van der Waals surface area contributed by atoms with Crippen LogP contribution >= 0.6 is 0 Å². The Morgan fingerprint density at radius 2 is 1.96 bits per heavy atom. The molecule has 17 heteroatoms. The quantitative estimate of drug-likeness (QED) is 0.288. The maximum absolute atomic E-state index is 14.1. The largest absolute Gasteiger partial charge is 0.374 e. The maximum Gasteiger partial charge on any atom is 0.328 e. The number of anilines is 3. The first kappa shape index (κ1) is 30.3. The van der Waals surface area contributed by atoms with Crippen molar-refractivity contribution in [3.63, 3.8) is 0 Å². The number of hydrogen-bond donors (Lipinski definition) is 2. The molecule has 48 heavy (non-hydrogen) atoms. The summed E-state index contributed by atoms with van der Waals surface area (Å²) in [6, 6.07) is 5.17. The summed E-state index contributed by atoms with van der Waals surface area (Å²) in [5, 5.41) is 13.4. The molecule has 0 aliphatic carbocycles. The van der Waals surface area contributed by atoms with Crippen molar-refractivity contribution < 1.29 is 27.9 Å². The summed E-state index contributed by atoms with van der Waals surface area (Å²) in [7, 11) is 0. The van der Waals surface area contributed by atoms with Gasteiger partial charge in [0.25, 0.3) is 12.3 Å². The predicted octanol–water partition coefficient (Wildman–Crippen LogP) is 2.77. The number of aromatic nitrogens is 6. The number of likely N-dealkylation sites (tertiary alicyclic amines) is 1. The highest BCUT2D eigenvalue weighted by Gasteiger charge is 2.40. The molecule has 15 nitrogen and oxygen atoms in total. The van der Waals surface area contributed by atoms with E-state index in [1.54, 1.807) is 12.4 Å². The summed E-state index contributed by atoms with van der Waals surface area (Å²) < 4.78 is 37.0. The molecule has 2 N–H and O–H groups in total. The number of rotatable bonds is 8. The van der Waals surface area contributed by atoms with Gasteiger partial charge < -0.3 is 15.0 Å². The normalized spacial score (nSPS) is 21.9. The number of halogens is 2. The van der Waals surface area contributed by atoms with Crippen LogP contribution in [-0.4, -0.2) is 97.0 Å². The lowest BCUT2D eigenvalue weighted by Gasteiger charge is -2.32. The topological polar surface area (TPSA) is 155 Å². The third-order valence-electron chi connectivity index (χ3n) is 9.50. The molecule has 2 bridgehead atoms. The van der Waals surface area contributed by atoms with E-state index >= 15 is 0 Å². The van der Waals surface area contributed by atoms with Crippen molar-refractivity contribution >= 4 is 40.7 Å². The highest BCUT2D eigenvalue weighted by molar-refractivity contribution is 6.08. The van der Waals surface area contributed by atoms with Crippen LogP contribution in [0.3, 0.4) is 0 Å². The molecule has 0 aromatic carbocycles. The first-order valence-corrected chi connectivity index (χ1v) is 16.0. The zero-order valence-electron chi connectivity index (χ0n) is 25.8. The summed E-state index contributed by atoms with van der Waals surface area (Å²) in [6.45, 7) is 3.65. The van der Waals surface area contributed by atoms with Gasteiger partial charge in [-0.25, -0.2) is 23.1 Å². The molecule has 0 unspecified atom stereocenters. The second kappa shape index (κ2) is 12.2. The van der Waals surface area contributed by atoms with Gasteiger partial charge in [0.1, 0.15) is 11.4 Å². The van der Waals surface area contributed by atoms with Gasteiger partial charge in [-0.15, -0.1) is 0 Å². The SMILES string of the molecule is O=C1CCN(c2ccc(CN3CCC(n4cc(NC(=O)c5cnn6ccc(N7C[C@H]8C[C@@H]7CO8)nc56)c(C(F)F)n4)CC3)nc2)C(=O)N1. The number of hydrogen-bond acceptors (Lipinski definition) is 10. The van der Waals surface area contributed by atoms with Gasteiger partial charge in [0.15, 0.2) is 11.3 Å². The molecule has 4 fully saturated rings. The standard InChI is InChI=1S/C31H33F2N11O4/c32-28(33)27-24(36-30(46)23-13-35-43-10-5-25(37-29(23)43)42-15-22-11-21(42)17-48-22)16-44(39-27)19-3-7-40(8-4-19)14-18-1-2-20(12-34-18)41-9-6-26(45)38-31(41)47/h1-2,5,10,12-13,16,19,21-22,28H,3-4,6-9,11,14-15,17H2,(H,36,46)(H,38,45,47)/t21-,22-/m1/s1. The Morgan fingerprint density at radius 3 is 2.67 bits per heavy atom. The van der Waals surface area contributed by atoms with Crippen molar-refractivity contribution in [3.05, 3.63) is 59.9 Å². The van der Waals surface area contributed by atoms with Gasteiger partial charge in [-0.2, -0.15) is 10.2 Å². The maximum atomic E-state index is 14.1. The van der Waals surface area contributed by atoms with E-state index in [0.29, 0.717) is 57.0 Å². The average molecular weight is 662 g/mol. The van der Waals surface area contributed by atoms with Crippen molar-refractivity contribution in [2.24, 2.45) is 0 Å². The third kappa shape index (κ3) is 5.72.